The van der Waals surface area contributed by atoms with Crippen molar-refractivity contribution in [3.05, 3.63) is 71.1 Å². The Hall–Kier alpha value is -4.11. The van der Waals surface area contributed by atoms with Crippen molar-refractivity contribution >= 4 is 34.5 Å². The minimum absolute atomic E-state index is 0.0230. The van der Waals surface area contributed by atoms with E-state index in [1.165, 1.54) is 12.8 Å². The third kappa shape index (κ3) is 5.36. The molecule has 0 radical (unpaired) electrons. The molecule has 0 bridgehead atoms. The van der Waals surface area contributed by atoms with Gasteiger partial charge in [-0.3, -0.25) is 9.69 Å². The van der Waals surface area contributed by atoms with E-state index in [9.17, 15) is 9.59 Å². The molecule has 0 spiro atoms. The Balaban J connectivity index is 1.35. The fraction of sp³-hybridized carbons (Fsp3) is 0.321. The largest absolute Gasteiger partial charge is 0.492 e. The second kappa shape index (κ2) is 10.9. The molecule has 2 aliphatic heterocycles. The van der Waals surface area contributed by atoms with E-state index in [0.29, 0.717) is 17.9 Å². The first-order valence-electron chi connectivity index (χ1n) is 12.5. The van der Waals surface area contributed by atoms with Crippen molar-refractivity contribution in [1.29, 1.82) is 0 Å². The van der Waals surface area contributed by atoms with Crippen LogP contribution in [0, 0.1) is 6.92 Å². The van der Waals surface area contributed by atoms with Gasteiger partial charge in [-0.1, -0.05) is 0 Å². The molecule has 4 heterocycles. The number of benzene rings is 1. The Morgan fingerprint density at radius 2 is 2.11 bits per heavy atom. The number of aromatic nitrogens is 2. The molecule has 0 atom stereocenters. The number of nitrogens with zero attached hydrogens (tertiary/aromatic N) is 2. The SMILES string of the molecule is CCOC(=O)C1=C(Nc2ccc(OCCN3CCCC3)cc2C)OC(=Cc2c[nH]c3ncccc23)C1=O. The lowest BCUT2D eigenvalue weighted by atomic mass is 10.1. The van der Waals surface area contributed by atoms with Gasteiger partial charge in [0.1, 0.15) is 18.0 Å². The highest BCUT2D eigenvalue weighted by molar-refractivity contribution is 6.26. The summed E-state index contributed by atoms with van der Waals surface area (Å²) in [5.74, 6) is -0.454. The highest BCUT2D eigenvalue weighted by Gasteiger charge is 2.37. The highest BCUT2D eigenvalue weighted by atomic mass is 16.5. The zero-order chi connectivity index (χ0) is 25.8. The van der Waals surface area contributed by atoms with Crippen LogP contribution in [0.15, 0.2) is 59.9 Å². The van der Waals surface area contributed by atoms with Gasteiger partial charge in [0.2, 0.25) is 11.7 Å². The van der Waals surface area contributed by atoms with Gasteiger partial charge in [0, 0.05) is 35.6 Å². The number of fused-ring (bicyclic) bond motifs is 1. The molecule has 5 rings (SSSR count). The summed E-state index contributed by atoms with van der Waals surface area (Å²) in [5, 5.41) is 3.95. The fourth-order valence-corrected chi connectivity index (χ4v) is 4.53. The van der Waals surface area contributed by atoms with Gasteiger partial charge in [0.25, 0.3) is 0 Å². The number of nitrogens with one attached hydrogen (secondary N) is 2. The van der Waals surface area contributed by atoms with E-state index >= 15 is 0 Å². The molecule has 37 heavy (non-hydrogen) atoms. The molecule has 2 aliphatic rings. The number of hydrogen-bond donors (Lipinski definition) is 2. The summed E-state index contributed by atoms with van der Waals surface area (Å²) in [7, 11) is 0. The lowest BCUT2D eigenvalue weighted by Gasteiger charge is -2.16. The quantitative estimate of drug-likeness (QED) is 0.255. The lowest BCUT2D eigenvalue weighted by Crippen LogP contribution is -2.25. The van der Waals surface area contributed by atoms with E-state index in [2.05, 4.69) is 20.2 Å². The number of ketones is 1. The van der Waals surface area contributed by atoms with Gasteiger partial charge in [-0.25, -0.2) is 9.78 Å². The van der Waals surface area contributed by atoms with Crippen molar-refractivity contribution in [2.75, 3.05) is 38.2 Å². The average Bonchev–Trinajstić information content (AvgIpc) is 3.62. The van der Waals surface area contributed by atoms with Crippen molar-refractivity contribution in [1.82, 2.24) is 14.9 Å². The first kappa shape index (κ1) is 24.6. The number of aromatic amines is 1. The van der Waals surface area contributed by atoms with E-state index in [1.54, 1.807) is 25.4 Å². The second-order valence-electron chi connectivity index (χ2n) is 9.01. The number of rotatable bonds is 9. The van der Waals surface area contributed by atoms with Crippen LogP contribution in [0.25, 0.3) is 17.1 Å². The van der Waals surface area contributed by atoms with Crippen LogP contribution in [0.3, 0.4) is 0 Å². The number of anilines is 1. The van der Waals surface area contributed by atoms with Crippen LogP contribution >= 0.6 is 0 Å². The van der Waals surface area contributed by atoms with Crippen molar-refractivity contribution in [2.45, 2.75) is 26.7 Å². The van der Waals surface area contributed by atoms with E-state index in [-0.39, 0.29) is 23.8 Å². The van der Waals surface area contributed by atoms with Gasteiger partial charge < -0.3 is 24.5 Å². The van der Waals surface area contributed by atoms with Gasteiger partial charge in [-0.05, 0) is 81.7 Å². The van der Waals surface area contributed by atoms with Crippen molar-refractivity contribution < 1.29 is 23.8 Å². The highest BCUT2D eigenvalue weighted by Crippen LogP contribution is 2.32. The maximum Gasteiger partial charge on any atom is 0.347 e. The van der Waals surface area contributed by atoms with Crippen molar-refractivity contribution in [3.63, 3.8) is 0 Å². The molecular weight excluding hydrogens is 472 g/mol. The van der Waals surface area contributed by atoms with Gasteiger partial charge in [-0.2, -0.15) is 0 Å². The summed E-state index contributed by atoms with van der Waals surface area (Å²) in [6, 6.07) is 9.33. The van der Waals surface area contributed by atoms with Crippen LogP contribution in [0.2, 0.25) is 0 Å². The normalized spacial score (nSPS) is 17.0. The number of aryl methyl sites for hydroxylation is 1. The molecule has 192 valence electrons. The van der Waals surface area contributed by atoms with Crippen LogP contribution in [0.1, 0.15) is 30.9 Å². The number of hydrogen-bond acceptors (Lipinski definition) is 8. The van der Waals surface area contributed by atoms with Crippen LogP contribution in [-0.2, 0) is 19.1 Å². The molecule has 9 nitrogen and oxygen atoms in total. The number of pyridine rings is 1. The van der Waals surface area contributed by atoms with Gasteiger partial charge in [-0.15, -0.1) is 0 Å². The van der Waals surface area contributed by atoms with E-state index < -0.39 is 11.8 Å². The maximum absolute atomic E-state index is 13.2. The Labute approximate surface area is 215 Å². The average molecular weight is 503 g/mol. The summed E-state index contributed by atoms with van der Waals surface area (Å²) in [6.07, 6.45) is 7.53. The molecule has 2 N–H and O–H groups in total. The van der Waals surface area contributed by atoms with Crippen LogP contribution in [0.5, 0.6) is 5.75 Å². The topological polar surface area (TPSA) is 106 Å². The molecule has 9 heteroatoms. The molecule has 0 aliphatic carbocycles. The lowest BCUT2D eigenvalue weighted by molar-refractivity contribution is -0.139. The summed E-state index contributed by atoms with van der Waals surface area (Å²) in [4.78, 5) is 35.6. The Bertz CT molecular complexity index is 1380. The number of ether oxygens (including phenoxy) is 3. The monoisotopic (exact) mass is 502 g/mol. The first-order chi connectivity index (χ1) is 18.0. The molecule has 0 saturated carbocycles. The zero-order valence-corrected chi connectivity index (χ0v) is 21.0. The second-order valence-corrected chi connectivity index (χ2v) is 9.01. The van der Waals surface area contributed by atoms with Crippen LogP contribution in [0.4, 0.5) is 5.69 Å². The third-order valence-corrected chi connectivity index (χ3v) is 6.46. The van der Waals surface area contributed by atoms with Crippen molar-refractivity contribution in [3.8, 4) is 5.75 Å². The van der Waals surface area contributed by atoms with E-state index in [0.717, 1.165) is 41.9 Å². The van der Waals surface area contributed by atoms with Gasteiger partial charge in [0.05, 0.1) is 6.61 Å². The molecular formula is C28H30N4O5. The predicted molar refractivity (Wildman–Crippen MR) is 140 cm³/mol. The minimum Gasteiger partial charge on any atom is -0.492 e. The standard InChI is InChI=1S/C28H30N4O5/c1-3-35-28(34)24-25(33)23(16-19-17-30-26-21(19)7-6-10-29-26)37-27(24)31-22-9-8-20(15-18(22)2)36-14-13-32-11-4-5-12-32/h6-10,15-17,31H,3-5,11-14H2,1-2H3,(H,29,30). The van der Waals surface area contributed by atoms with Crippen LogP contribution in [-0.4, -0.2) is 59.5 Å². The summed E-state index contributed by atoms with van der Waals surface area (Å²) >= 11 is 0. The van der Waals surface area contributed by atoms with Gasteiger partial charge >= 0.3 is 5.97 Å². The fourth-order valence-electron chi connectivity index (χ4n) is 4.53. The van der Waals surface area contributed by atoms with Crippen LogP contribution < -0.4 is 10.1 Å². The number of Topliss-reactive ketones (excluding diaryl/α,β-unsaturated/α-hetero) is 1. The smallest absolute Gasteiger partial charge is 0.347 e. The van der Waals surface area contributed by atoms with Gasteiger partial charge in [0.15, 0.2) is 11.3 Å². The first-order valence-corrected chi connectivity index (χ1v) is 12.5. The predicted octanol–water partition coefficient (Wildman–Crippen LogP) is 4.17. The third-order valence-electron chi connectivity index (χ3n) is 6.46. The zero-order valence-electron chi connectivity index (χ0n) is 21.0. The Kier molecular flexibility index (Phi) is 7.23. The molecule has 0 unspecified atom stereocenters. The van der Waals surface area contributed by atoms with E-state index in [4.69, 9.17) is 14.2 Å². The minimum atomic E-state index is -0.737. The molecule has 1 saturated heterocycles. The maximum atomic E-state index is 13.2. The molecule has 0 amide bonds. The summed E-state index contributed by atoms with van der Waals surface area (Å²) < 4.78 is 17.0. The Morgan fingerprint density at radius 3 is 2.89 bits per heavy atom. The number of likely N-dealkylation sites (tertiary alicyclic amines) is 1. The number of carbonyl (C=O) groups excluding carboxylic acids is 2. The Morgan fingerprint density at radius 1 is 1.27 bits per heavy atom. The molecule has 1 aromatic carbocycles. The number of esters is 1. The molecule has 2 aromatic heterocycles. The summed E-state index contributed by atoms with van der Waals surface area (Å²) in [6.45, 7) is 7.55. The van der Waals surface area contributed by atoms with Crippen molar-refractivity contribution in [2.24, 2.45) is 0 Å². The molecule has 1 fully saturated rings. The summed E-state index contributed by atoms with van der Waals surface area (Å²) in [5.41, 5.74) is 2.81. The number of allylic oxidation sites excluding steroid dienone is 1. The van der Waals surface area contributed by atoms with E-state index in [1.807, 2.05) is 37.3 Å². The number of carbonyl (C=O) groups is 2. The number of H-pyrrole nitrogens is 1. The molecule has 3 aromatic rings.